The molecule has 17 heavy (non-hydrogen) atoms. The number of nitrogens with one attached hydrogen (secondary N) is 1. The predicted molar refractivity (Wildman–Crippen MR) is 70.6 cm³/mol. The van der Waals surface area contributed by atoms with Crippen LogP contribution >= 0.6 is 0 Å². The molecule has 1 amide bonds. The minimum Gasteiger partial charge on any atom is -0.444 e. The van der Waals surface area contributed by atoms with E-state index in [2.05, 4.69) is 11.2 Å². The summed E-state index contributed by atoms with van der Waals surface area (Å²) in [7, 11) is 0. The molecule has 0 aliphatic carbocycles. The van der Waals surface area contributed by atoms with Crippen LogP contribution in [0, 0.1) is 12.3 Å². The standard InChI is InChI=1S/C14H21NO2/c1-6-12(2)10-8-7-9-11-15-13(16)17-14(3,4)5/h1,7-8,10H,9,11H2,2-5H3,(H,15,16)/b8-7-,12-10-. The first-order chi connectivity index (χ1) is 7.85. The van der Waals surface area contributed by atoms with Crippen LogP contribution in [-0.4, -0.2) is 18.2 Å². The highest BCUT2D eigenvalue weighted by molar-refractivity contribution is 5.67. The number of terminal acetylenes is 1. The molecule has 0 spiro atoms. The zero-order chi connectivity index (χ0) is 13.3. The van der Waals surface area contributed by atoms with Crippen LogP contribution in [0.3, 0.4) is 0 Å². The highest BCUT2D eigenvalue weighted by Crippen LogP contribution is 2.06. The summed E-state index contributed by atoms with van der Waals surface area (Å²) in [6.45, 7) is 7.91. The molecule has 0 radical (unpaired) electrons. The molecule has 1 N–H and O–H groups in total. The van der Waals surface area contributed by atoms with Gasteiger partial charge in [0.25, 0.3) is 0 Å². The minimum absolute atomic E-state index is 0.388. The largest absolute Gasteiger partial charge is 0.444 e. The van der Waals surface area contributed by atoms with E-state index >= 15 is 0 Å². The summed E-state index contributed by atoms with van der Waals surface area (Å²) < 4.78 is 5.09. The number of carbonyl (C=O) groups is 1. The Morgan fingerprint density at radius 2 is 2.12 bits per heavy atom. The molecule has 0 atom stereocenters. The molecule has 0 saturated carbocycles. The first-order valence-electron chi connectivity index (χ1n) is 5.62. The van der Waals surface area contributed by atoms with Gasteiger partial charge in [-0.15, -0.1) is 6.42 Å². The lowest BCUT2D eigenvalue weighted by Gasteiger charge is -2.19. The van der Waals surface area contributed by atoms with E-state index < -0.39 is 5.60 Å². The zero-order valence-corrected chi connectivity index (χ0v) is 11.0. The van der Waals surface area contributed by atoms with Gasteiger partial charge in [0.1, 0.15) is 5.60 Å². The van der Waals surface area contributed by atoms with Crippen molar-refractivity contribution in [1.82, 2.24) is 5.32 Å². The third kappa shape index (κ3) is 10.6. The smallest absolute Gasteiger partial charge is 0.407 e. The molecule has 94 valence electrons. The van der Waals surface area contributed by atoms with Crippen molar-refractivity contribution in [1.29, 1.82) is 0 Å². The second kappa shape index (κ2) is 7.56. The van der Waals surface area contributed by atoms with Crippen LogP contribution < -0.4 is 5.32 Å². The van der Waals surface area contributed by atoms with Gasteiger partial charge in [-0.05, 0) is 39.7 Å². The highest BCUT2D eigenvalue weighted by atomic mass is 16.6. The molecule has 0 aliphatic heterocycles. The van der Waals surface area contributed by atoms with Gasteiger partial charge in [0.15, 0.2) is 0 Å². The Labute approximate surface area is 104 Å². The van der Waals surface area contributed by atoms with Gasteiger partial charge < -0.3 is 10.1 Å². The molecule has 0 aromatic heterocycles. The van der Waals surface area contributed by atoms with Crippen molar-refractivity contribution >= 4 is 6.09 Å². The van der Waals surface area contributed by atoms with E-state index in [9.17, 15) is 4.79 Å². The van der Waals surface area contributed by atoms with E-state index in [1.807, 2.05) is 45.9 Å². The van der Waals surface area contributed by atoms with Gasteiger partial charge >= 0.3 is 6.09 Å². The summed E-state index contributed by atoms with van der Waals surface area (Å²) >= 11 is 0. The van der Waals surface area contributed by atoms with Crippen molar-refractivity contribution in [2.24, 2.45) is 0 Å². The molecular weight excluding hydrogens is 214 g/mol. The molecule has 0 aromatic rings. The Morgan fingerprint density at radius 3 is 2.65 bits per heavy atom. The van der Waals surface area contributed by atoms with Crippen molar-refractivity contribution in [2.75, 3.05) is 6.54 Å². The molecule has 0 saturated heterocycles. The third-order valence-electron chi connectivity index (χ3n) is 1.69. The first-order valence-corrected chi connectivity index (χ1v) is 5.62. The molecule has 3 heteroatoms. The van der Waals surface area contributed by atoms with E-state index in [1.54, 1.807) is 0 Å². The number of allylic oxidation sites excluding steroid dienone is 3. The van der Waals surface area contributed by atoms with Crippen LogP contribution in [0.2, 0.25) is 0 Å². The summed E-state index contributed by atoms with van der Waals surface area (Å²) in [4.78, 5) is 11.3. The van der Waals surface area contributed by atoms with E-state index in [1.165, 1.54) is 0 Å². The molecule has 0 heterocycles. The Hall–Kier alpha value is -1.69. The number of carbonyl (C=O) groups excluding carboxylic acids is 1. The lowest BCUT2D eigenvalue weighted by molar-refractivity contribution is 0.0529. The number of hydrogen-bond acceptors (Lipinski definition) is 2. The minimum atomic E-state index is -0.452. The van der Waals surface area contributed by atoms with E-state index in [0.717, 1.165) is 12.0 Å². The molecule has 0 aromatic carbocycles. The SMILES string of the molecule is C#C/C(C)=C\C=C/CCNC(=O)OC(C)(C)C. The Balaban J connectivity index is 3.73. The van der Waals surface area contributed by atoms with Gasteiger partial charge in [-0.25, -0.2) is 4.79 Å². The predicted octanol–water partition coefficient (Wildman–Crippen LogP) is 3.04. The van der Waals surface area contributed by atoms with Crippen molar-refractivity contribution in [3.8, 4) is 12.3 Å². The topological polar surface area (TPSA) is 38.3 Å². The van der Waals surface area contributed by atoms with E-state index in [0.29, 0.717) is 6.54 Å². The summed E-state index contributed by atoms with van der Waals surface area (Å²) in [5.74, 6) is 2.52. The fourth-order valence-electron chi connectivity index (χ4n) is 0.928. The highest BCUT2D eigenvalue weighted by Gasteiger charge is 2.14. The molecular formula is C14H21NO2. The van der Waals surface area contributed by atoms with Crippen LogP contribution in [0.5, 0.6) is 0 Å². The molecule has 3 nitrogen and oxygen atoms in total. The number of amides is 1. The lowest BCUT2D eigenvalue weighted by Crippen LogP contribution is -2.32. The van der Waals surface area contributed by atoms with Gasteiger partial charge in [0.2, 0.25) is 0 Å². The quantitative estimate of drug-likeness (QED) is 0.462. The number of hydrogen-bond donors (Lipinski definition) is 1. The molecule has 0 aliphatic rings. The van der Waals surface area contributed by atoms with Crippen molar-refractivity contribution in [3.05, 3.63) is 23.8 Å². The first kappa shape index (κ1) is 15.3. The number of alkyl carbamates (subject to hydrolysis) is 1. The monoisotopic (exact) mass is 235 g/mol. The zero-order valence-electron chi connectivity index (χ0n) is 11.0. The van der Waals surface area contributed by atoms with Crippen LogP contribution in [-0.2, 0) is 4.74 Å². The van der Waals surface area contributed by atoms with E-state index in [4.69, 9.17) is 11.2 Å². The molecule has 0 bridgehead atoms. The third-order valence-corrected chi connectivity index (χ3v) is 1.69. The van der Waals surface area contributed by atoms with Crippen LogP contribution in [0.15, 0.2) is 23.8 Å². The van der Waals surface area contributed by atoms with Crippen LogP contribution in [0.1, 0.15) is 34.1 Å². The van der Waals surface area contributed by atoms with Crippen molar-refractivity contribution in [2.45, 2.75) is 39.7 Å². The van der Waals surface area contributed by atoms with Crippen molar-refractivity contribution < 1.29 is 9.53 Å². The van der Waals surface area contributed by atoms with Gasteiger partial charge in [-0.3, -0.25) is 0 Å². The van der Waals surface area contributed by atoms with Crippen LogP contribution in [0.4, 0.5) is 4.79 Å². The normalized spacial score (nSPS) is 12.3. The Kier molecular flexibility index (Phi) is 6.81. The molecule has 0 rings (SSSR count). The fraction of sp³-hybridized carbons (Fsp3) is 0.500. The maximum atomic E-state index is 11.3. The number of rotatable bonds is 4. The van der Waals surface area contributed by atoms with Gasteiger partial charge in [-0.1, -0.05) is 24.1 Å². The lowest BCUT2D eigenvalue weighted by atomic mass is 10.2. The average molecular weight is 235 g/mol. The summed E-state index contributed by atoms with van der Waals surface area (Å²) in [5.41, 5.74) is 0.424. The van der Waals surface area contributed by atoms with Crippen LogP contribution in [0.25, 0.3) is 0 Å². The average Bonchev–Trinajstić information content (AvgIpc) is 2.20. The molecule has 0 unspecified atom stereocenters. The van der Waals surface area contributed by atoms with Gasteiger partial charge in [-0.2, -0.15) is 0 Å². The second-order valence-corrected chi connectivity index (χ2v) is 4.64. The maximum Gasteiger partial charge on any atom is 0.407 e. The van der Waals surface area contributed by atoms with Gasteiger partial charge in [0, 0.05) is 6.54 Å². The van der Waals surface area contributed by atoms with Crippen molar-refractivity contribution in [3.63, 3.8) is 0 Å². The second-order valence-electron chi connectivity index (χ2n) is 4.64. The Bertz CT molecular complexity index is 340. The maximum absolute atomic E-state index is 11.3. The summed E-state index contributed by atoms with van der Waals surface area (Å²) in [6, 6.07) is 0. The number of ether oxygens (including phenoxy) is 1. The molecule has 0 fully saturated rings. The Morgan fingerprint density at radius 1 is 1.47 bits per heavy atom. The summed E-state index contributed by atoms with van der Waals surface area (Å²) in [6.07, 6.45) is 11.2. The summed E-state index contributed by atoms with van der Waals surface area (Å²) in [5, 5.41) is 2.67. The van der Waals surface area contributed by atoms with E-state index in [-0.39, 0.29) is 6.09 Å². The van der Waals surface area contributed by atoms with Gasteiger partial charge in [0.05, 0.1) is 0 Å². The fourth-order valence-corrected chi connectivity index (χ4v) is 0.928.